The smallest absolute Gasteiger partial charge is 0.270 e. The molecule has 0 radical (unpaired) electrons. The van der Waals surface area contributed by atoms with Crippen molar-refractivity contribution in [1.82, 2.24) is 4.98 Å². The Morgan fingerprint density at radius 3 is 2.05 bits per heavy atom. The Hall–Kier alpha value is -1.98. The monoisotopic (exact) mass is 291 g/mol. The summed E-state index contributed by atoms with van der Waals surface area (Å²) in [6.07, 6.45) is 5.29. The molecule has 0 fully saturated rings. The summed E-state index contributed by atoms with van der Waals surface area (Å²) in [5, 5.41) is 0. The predicted molar refractivity (Wildman–Crippen MR) is 79.7 cm³/mol. The summed E-state index contributed by atoms with van der Waals surface area (Å²) in [6, 6.07) is 10.3. The van der Waals surface area contributed by atoms with E-state index in [1.807, 2.05) is 19.1 Å². The Morgan fingerprint density at radius 2 is 1.65 bits per heavy atom. The van der Waals surface area contributed by atoms with Crippen LogP contribution >= 0.6 is 0 Å². The van der Waals surface area contributed by atoms with E-state index in [4.69, 9.17) is 0 Å². The topological polar surface area (TPSA) is 56.3 Å². The molecule has 0 saturated carbocycles. The Morgan fingerprint density at radius 1 is 1.10 bits per heavy atom. The fraction of sp³-hybridized carbons (Fsp3) is 0.133. The highest BCUT2D eigenvalue weighted by atomic mass is 32.2. The molecule has 0 amide bonds. The minimum absolute atomic E-state index is 0.190. The van der Waals surface area contributed by atoms with Crippen molar-refractivity contribution in [3.05, 3.63) is 66.5 Å². The van der Waals surface area contributed by atoms with Gasteiger partial charge in [0.2, 0.25) is 0 Å². The third kappa shape index (κ3) is 4.95. The zero-order chi connectivity index (χ0) is 15.0. The number of aryl methyl sites for hydroxylation is 1. The Bertz CT molecular complexity index is 635. The van der Waals surface area contributed by atoms with E-state index in [2.05, 4.69) is 15.7 Å². The average Bonchev–Trinajstić information content (AvgIpc) is 2.49. The van der Waals surface area contributed by atoms with E-state index in [1.165, 1.54) is 12.1 Å². The lowest BCUT2D eigenvalue weighted by Gasteiger charge is -2.00. The summed E-state index contributed by atoms with van der Waals surface area (Å²) < 4.78 is 26.5. The maximum Gasteiger partial charge on any atom is 0.296 e. The van der Waals surface area contributed by atoms with Crippen LogP contribution < -0.4 is 0 Å². The van der Waals surface area contributed by atoms with Crippen LogP contribution in [0.15, 0.2) is 60.3 Å². The van der Waals surface area contributed by atoms with Gasteiger partial charge in [-0.25, -0.2) is 0 Å². The van der Waals surface area contributed by atoms with Gasteiger partial charge in [-0.05, 0) is 36.8 Å². The molecule has 0 aliphatic rings. The van der Waals surface area contributed by atoms with Crippen LogP contribution in [-0.4, -0.2) is 20.5 Å². The van der Waals surface area contributed by atoms with E-state index < -0.39 is 10.1 Å². The summed E-state index contributed by atoms with van der Waals surface area (Å²) in [5.41, 5.74) is 2.13. The van der Waals surface area contributed by atoms with Gasteiger partial charge in [-0.3, -0.25) is 9.17 Å². The second kappa shape index (κ2) is 7.57. The maximum atomic E-state index is 11.1. The molecule has 106 valence electrons. The van der Waals surface area contributed by atoms with Gasteiger partial charge in [0.05, 0.1) is 12.0 Å². The van der Waals surface area contributed by atoms with E-state index in [0.29, 0.717) is 0 Å². The lowest BCUT2D eigenvalue weighted by molar-refractivity contribution is 0.398. The third-order valence-electron chi connectivity index (χ3n) is 2.47. The van der Waals surface area contributed by atoms with Crippen LogP contribution in [0.3, 0.4) is 0 Å². The average molecular weight is 291 g/mol. The first-order chi connectivity index (χ1) is 9.49. The number of benzene rings is 1. The molecule has 2 rings (SSSR count). The number of nitrogens with zero attached hydrogens (tertiary/aromatic N) is 1. The van der Waals surface area contributed by atoms with Gasteiger partial charge >= 0.3 is 0 Å². The minimum Gasteiger partial charge on any atom is -0.270 e. The van der Waals surface area contributed by atoms with E-state index in [1.54, 1.807) is 30.6 Å². The van der Waals surface area contributed by atoms with Crippen molar-refractivity contribution >= 4 is 16.2 Å². The molecule has 5 heteroatoms. The van der Waals surface area contributed by atoms with E-state index in [9.17, 15) is 8.42 Å². The van der Waals surface area contributed by atoms with Crippen LogP contribution in [0, 0.1) is 6.92 Å². The van der Waals surface area contributed by atoms with Crippen molar-refractivity contribution in [1.29, 1.82) is 0 Å². The third-order valence-corrected chi connectivity index (χ3v) is 3.76. The van der Waals surface area contributed by atoms with Gasteiger partial charge in [-0.2, -0.15) is 8.42 Å². The van der Waals surface area contributed by atoms with Gasteiger partial charge in [-0.15, -0.1) is 0 Å². The van der Waals surface area contributed by atoms with Crippen molar-refractivity contribution in [3.8, 4) is 0 Å². The van der Waals surface area contributed by atoms with Crippen LogP contribution in [-0.2, 0) is 14.3 Å². The Balaban J connectivity index is 0.000000217. The molecule has 0 N–H and O–H groups in total. The second-order valence-electron chi connectivity index (χ2n) is 3.92. The minimum atomic E-state index is -3.51. The van der Waals surface area contributed by atoms with Crippen LogP contribution in [0.2, 0.25) is 0 Å². The molecular weight excluding hydrogens is 274 g/mol. The Kier molecular flexibility index (Phi) is 6.09. The summed E-state index contributed by atoms with van der Waals surface area (Å²) in [6.45, 7) is 5.50. The fourth-order valence-electron chi connectivity index (χ4n) is 1.30. The highest BCUT2D eigenvalue weighted by Gasteiger charge is 2.10. The molecule has 0 spiro atoms. The summed E-state index contributed by atoms with van der Waals surface area (Å²) in [5.74, 6) is 0. The molecule has 0 atom stereocenters. The summed E-state index contributed by atoms with van der Waals surface area (Å²) in [7, 11) is -2.37. The molecular formula is C15H17NO3S. The normalized spacial score (nSPS) is 10.3. The van der Waals surface area contributed by atoms with Gasteiger partial charge in [0.25, 0.3) is 10.1 Å². The van der Waals surface area contributed by atoms with Crippen LogP contribution in [0.1, 0.15) is 11.1 Å². The van der Waals surface area contributed by atoms with E-state index in [0.717, 1.165) is 18.2 Å². The molecule has 2 aromatic rings. The fourth-order valence-corrected chi connectivity index (χ4v) is 1.96. The quantitative estimate of drug-likeness (QED) is 0.816. The van der Waals surface area contributed by atoms with E-state index >= 15 is 0 Å². The van der Waals surface area contributed by atoms with Crippen molar-refractivity contribution in [2.75, 3.05) is 7.11 Å². The predicted octanol–water partition coefficient (Wildman–Crippen LogP) is 3.05. The van der Waals surface area contributed by atoms with Crippen LogP contribution in [0.25, 0.3) is 6.08 Å². The number of rotatable bonds is 3. The summed E-state index contributed by atoms with van der Waals surface area (Å²) in [4.78, 5) is 4.04. The molecule has 1 aromatic heterocycles. The van der Waals surface area contributed by atoms with Gasteiger partial charge < -0.3 is 0 Å². The number of pyridine rings is 1. The lowest BCUT2D eigenvalue weighted by atomic mass is 10.2. The molecule has 0 aliphatic carbocycles. The molecule has 0 unspecified atom stereocenters. The zero-order valence-corrected chi connectivity index (χ0v) is 12.3. The molecule has 20 heavy (non-hydrogen) atoms. The molecule has 0 saturated heterocycles. The first kappa shape index (κ1) is 16.1. The van der Waals surface area contributed by atoms with Crippen LogP contribution in [0.4, 0.5) is 0 Å². The van der Waals surface area contributed by atoms with Crippen molar-refractivity contribution in [2.24, 2.45) is 0 Å². The maximum absolute atomic E-state index is 11.1. The van der Waals surface area contributed by atoms with Crippen LogP contribution in [0.5, 0.6) is 0 Å². The first-order valence-electron chi connectivity index (χ1n) is 5.89. The lowest BCUT2D eigenvalue weighted by Crippen LogP contribution is -2.02. The second-order valence-corrected chi connectivity index (χ2v) is 5.63. The van der Waals surface area contributed by atoms with Gasteiger partial charge in [-0.1, -0.05) is 30.4 Å². The van der Waals surface area contributed by atoms with Gasteiger partial charge in [0.1, 0.15) is 0 Å². The zero-order valence-electron chi connectivity index (χ0n) is 11.5. The SMILES string of the molecule is C=Cc1ccncc1.COS(=O)(=O)c1ccc(C)cc1. The van der Waals surface area contributed by atoms with Gasteiger partial charge in [0.15, 0.2) is 0 Å². The van der Waals surface area contributed by atoms with E-state index in [-0.39, 0.29) is 4.90 Å². The number of hydrogen-bond donors (Lipinski definition) is 0. The van der Waals surface area contributed by atoms with Crippen molar-refractivity contribution < 1.29 is 12.6 Å². The van der Waals surface area contributed by atoms with Gasteiger partial charge in [0, 0.05) is 12.4 Å². The summed E-state index contributed by atoms with van der Waals surface area (Å²) >= 11 is 0. The molecule has 1 aromatic carbocycles. The molecule has 1 heterocycles. The Labute approximate surface area is 119 Å². The first-order valence-corrected chi connectivity index (χ1v) is 7.30. The number of hydrogen-bond acceptors (Lipinski definition) is 4. The highest BCUT2D eigenvalue weighted by Crippen LogP contribution is 2.11. The standard InChI is InChI=1S/C8H10O3S.C7H7N/c1-7-3-5-8(6-4-7)12(9,10)11-2;1-2-7-3-5-8-6-4-7/h3-6H,1-2H3;2-6H,1H2. The van der Waals surface area contributed by atoms with Crippen molar-refractivity contribution in [3.63, 3.8) is 0 Å². The largest absolute Gasteiger partial charge is 0.296 e. The molecule has 0 bridgehead atoms. The molecule has 4 nitrogen and oxygen atoms in total. The molecule has 0 aliphatic heterocycles. The van der Waals surface area contributed by atoms with Crippen molar-refractivity contribution in [2.45, 2.75) is 11.8 Å². The number of aromatic nitrogens is 1. The highest BCUT2D eigenvalue weighted by molar-refractivity contribution is 7.86.